The molecule has 108 valence electrons. The molecule has 5 nitrogen and oxygen atoms in total. The standard InChI is InChI=1S/C14H12ClN3O2S/c1-18(10-12-4-2-3-7-17-12)21(19,20)13-6-5-11(9-16)14(15)8-13/h2-8H,10H2,1H3. The van der Waals surface area contributed by atoms with Crippen LogP contribution in [-0.2, 0) is 16.6 Å². The molecule has 21 heavy (non-hydrogen) atoms. The van der Waals surface area contributed by atoms with E-state index in [9.17, 15) is 8.42 Å². The van der Waals surface area contributed by atoms with Gasteiger partial charge in [-0.2, -0.15) is 9.57 Å². The first-order chi connectivity index (χ1) is 9.95. The molecule has 0 aliphatic rings. The van der Waals surface area contributed by atoms with Crippen molar-refractivity contribution in [1.82, 2.24) is 9.29 Å². The van der Waals surface area contributed by atoms with Crippen LogP contribution in [0.2, 0.25) is 5.02 Å². The van der Waals surface area contributed by atoms with Gasteiger partial charge in [-0.05, 0) is 30.3 Å². The highest BCUT2D eigenvalue weighted by Gasteiger charge is 2.22. The van der Waals surface area contributed by atoms with Crippen molar-refractivity contribution in [2.45, 2.75) is 11.4 Å². The lowest BCUT2D eigenvalue weighted by atomic mass is 10.2. The molecule has 0 saturated carbocycles. The SMILES string of the molecule is CN(Cc1ccccn1)S(=O)(=O)c1ccc(C#N)c(Cl)c1. The van der Waals surface area contributed by atoms with Crippen LogP contribution in [0.25, 0.3) is 0 Å². The van der Waals surface area contributed by atoms with E-state index < -0.39 is 10.0 Å². The van der Waals surface area contributed by atoms with Gasteiger partial charge in [-0.3, -0.25) is 4.98 Å². The van der Waals surface area contributed by atoms with E-state index in [-0.39, 0.29) is 22.0 Å². The highest BCUT2D eigenvalue weighted by Crippen LogP contribution is 2.23. The predicted octanol–water partition coefficient (Wildman–Crippen LogP) is 2.43. The third-order valence-electron chi connectivity index (χ3n) is 2.88. The molecule has 0 bridgehead atoms. The van der Waals surface area contributed by atoms with Crippen LogP contribution in [0.5, 0.6) is 0 Å². The quantitative estimate of drug-likeness (QED) is 0.866. The van der Waals surface area contributed by atoms with Crippen molar-refractivity contribution < 1.29 is 8.42 Å². The smallest absolute Gasteiger partial charge is 0.243 e. The van der Waals surface area contributed by atoms with E-state index in [1.165, 1.54) is 29.6 Å². The Labute approximate surface area is 128 Å². The fourth-order valence-electron chi connectivity index (χ4n) is 1.73. The van der Waals surface area contributed by atoms with E-state index in [0.717, 1.165) is 0 Å². The zero-order valence-electron chi connectivity index (χ0n) is 11.2. The maximum absolute atomic E-state index is 12.4. The van der Waals surface area contributed by atoms with Crippen LogP contribution in [0.3, 0.4) is 0 Å². The van der Waals surface area contributed by atoms with Crippen LogP contribution < -0.4 is 0 Å². The molecular weight excluding hydrogens is 310 g/mol. The second-order valence-electron chi connectivity index (χ2n) is 4.34. The van der Waals surface area contributed by atoms with Gasteiger partial charge in [-0.1, -0.05) is 17.7 Å². The molecule has 0 saturated heterocycles. The van der Waals surface area contributed by atoms with E-state index in [1.807, 2.05) is 6.07 Å². The predicted molar refractivity (Wildman–Crippen MR) is 79.1 cm³/mol. The van der Waals surface area contributed by atoms with E-state index >= 15 is 0 Å². The number of hydrogen-bond donors (Lipinski definition) is 0. The van der Waals surface area contributed by atoms with Crippen LogP contribution in [0.4, 0.5) is 0 Å². The van der Waals surface area contributed by atoms with Crippen LogP contribution in [-0.4, -0.2) is 24.8 Å². The number of aromatic nitrogens is 1. The number of pyridine rings is 1. The molecule has 0 unspecified atom stereocenters. The van der Waals surface area contributed by atoms with Crippen molar-refractivity contribution in [1.29, 1.82) is 5.26 Å². The lowest BCUT2D eigenvalue weighted by molar-refractivity contribution is 0.462. The Hall–Kier alpha value is -1.94. The first kappa shape index (κ1) is 15.4. The highest BCUT2D eigenvalue weighted by atomic mass is 35.5. The first-order valence-corrected chi connectivity index (χ1v) is 7.83. The number of halogens is 1. The molecule has 2 rings (SSSR count). The number of nitriles is 1. The second-order valence-corrected chi connectivity index (χ2v) is 6.79. The van der Waals surface area contributed by atoms with Crippen LogP contribution >= 0.6 is 11.6 Å². The van der Waals surface area contributed by atoms with E-state index in [1.54, 1.807) is 24.4 Å². The summed E-state index contributed by atoms with van der Waals surface area (Å²) in [6.45, 7) is 0.154. The van der Waals surface area contributed by atoms with Crippen molar-refractivity contribution in [2.24, 2.45) is 0 Å². The summed E-state index contributed by atoms with van der Waals surface area (Å²) in [5.74, 6) is 0. The van der Waals surface area contributed by atoms with Gasteiger partial charge in [-0.25, -0.2) is 8.42 Å². The second kappa shape index (κ2) is 6.22. The average Bonchev–Trinajstić information content (AvgIpc) is 2.48. The molecule has 0 spiro atoms. The third-order valence-corrected chi connectivity index (χ3v) is 4.99. The average molecular weight is 322 g/mol. The zero-order chi connectivity index (χ0) is 15.5. The maximum Gasteiger partial charge on any atom is 0.243 e. The fraction of sp³-hybridized carbons (Fsp3) is 0.143. The minimum absolute atomic E-state index is 0.0462. The summed E-state index contributed by atoms with van der Waals surface area (Å²) < 4.78 is 26.1. The van der Waals surface area contributed by atoms with Crippen molar-refractivity contribution >= 4 is 21.6 Å². The summed E-state index contributed by atoms with van der Waals surface area (Å²) >= 11 is 5.88. The minimum Gasteiger partial charge on any atom is -0.260 e. The molecule has 1 aromatic heterocycles. The molecule has 0 N–H and O–H groups in total. The molecule has 0 amide bonds. The maximum atomic E-state index is 12.4. The van der Waals surface area contributed by atoms with E-state index in [4.69, 9.17) is 16.9 Å². The molecular formula is C14H12ClN3O2S. The molecule has 0 aliphatic carbocycles. The van der Waals surface area contributed by atoms with Gasteiger partial charge >= 0.3 is 0 Å². The Morgan fingerprint density at radius 3 is 2.67 bits per heavy atom. The lowest BCUT2D eigenvalue weighted by Crippen LogP contribution is -2.26. The molecule has 1 heterocycles. The molecule has 1 aromatic carbocycles. The summed E-state index contributed by atoms with van der Waals surface area (Å²) in [7, 11) is -2.22. The Bertz CT molecular complexity index is 786. The Morgan fingerprint density at radius 2 is 2.10 bits per heavy atom. The number of sulfonamides is 1. The largest absolute Gasteiger partial charge is 0.260 e. The molecule has 2 aromatic rings. The van der Waals surface area contributed by atoms with Crippen molar-refractivity contribution in [3.05, 3.63) is 58.9 Å². The van der Waals surface area contributed by atoms with Crippen LogP contribution in [0.1, 0.15) is 11.3 Å². The van der Waals surface area contributed by atoms with Gasteiger partial charge in [0.1, 0.15) is 6.07 Å². The minimum atomic E-state index is -3.69. The Balaban J connectivity index is 2.29. The van der Waals surface area contributed by atoms with Gasteiger partial charge in [-0.15, -0.1) is 0 Å². The van der Waals surface area contributed by atoms with Crippen LogP contribution in [0.15, 0.2) is 47.5 Å². The number of nitrogens with zero attached hydrogens (tertiary/aromatic N) is 3. The topological polar surface area (TPSA) is 74.1 Å². The summed E-state index contributed by atoms with van der Waals surface area (Å²) in [5.41, 5.74) is 0.881. The summed E-state index contributed by atoms with van der Waals surface area (Å²) in [6.07, 6.45) is 1.61. The van der Waals surface area contributed by atoms with Gasteiger partial charge in [0.2, 0.25) is 10.0 Å². The number of hydrogen-bond acceptors (Lipinski definition) is 4. The van der Waals surface area contributed by atoms with Crippen molar-refractivity contribution in [3.63, 3.8) is 0 Å². The van der Waals surface area contributed by atoms with Crippen molar-refractivity contribution in [2.75, 3.05) is 7.05 Å². The molecule has 7 heteroatoms. The molecule has 0 aliphatic heterocycles. The Morgan fingerprint density at radius 1 is 1.33 bits per heavy atom. The third kappa shape index (κ3) is 3.39. The van der Waals surface area contributed by atoms with Crippen LogP contribution in [0, 0.1) is 11.3 Å². The number of rotatable bonds is 4. The van der Waals surface area contributed by atoms with Gasteiger partial charge < -0.3 is 0 Å². The fourth-order valence-corrected chi connectivity index (χ4v) is 3.19. The summed E-state index contributed by atoms with van der Waals surface area (Å²) in [4.78, 5) is 4.14. The zero-order valence-corrected chi connectivity index (χ0v) is 12.8. The first-order valence-electron chi connectivity index (χ1n) is 6.01. The molecule has 0 atom stereocenters. The summed E-state index contributed by atoms with van der Waals surface area (Å²) in [5, 5.41) is 8.93. The van der Waals surface area contributed by atoms with Crippen molar-refractivity contribution in [3.8, 4) is 6.07 Å². The van der Waals surface area contributed by atoms with Gasteiger partial charge in [0.25, 0.3) is 0 Å². The number of benzene rings is 1. The molecule has 0 radical (unpaired) electrons. The molecule has 0 fully saturated rings. The van der Waals surface area contributed by atoms with E-state index in [0.29, 0.717) is 5.69 Å². The highest BCUT2D eigenvalue weighted by molar-refractivity contribution is 7.89. The van der Waals surface area contributed by atoms with Gasteiger partial charge in [0, 0.05) is 13.2 Å². The van der Waals surface area contributed by atoms with Gasteiger partial charge in [0.05, 0.1) is 27.7 Å². The lowest BCUT2D eigenvalue weighted by Gasteiger charge is -2.17. The van der Waals surface area contributed by atoms with Gasteiger partial charge in [0.15, 0.2) is 0 Å². The van der Waals surface area contributed by atoms with E-state index in [2.05, 4.69) is 4.98 Å². The normalized spacial score (nSPS) is 11.3. The Kier molecular flexibility index (Phi) is 4.58. The summed E-state index contributed by atoms with van der Waals surface area (Å²) in [6, 6.07) is 11.2. The monoisotopic (exact) mass is 321 g/mol.